The van der Waals surface area contributed by atoms with Crippen molar-refractivity contribution in [2.75, 3.05) is 6.61 Å². The van der Waals surface area contributed by atoms with Gasteiger partial charge in [-0.1, -0.05) is 34.1 Å². The summed E-state index contributed by atoms with van der Waals surface area (Å²) >= 11 is 0. The summed E-state index contributed by atoms with van der Waals surface area (Å²) < 4.78 is 37.0. The molecule has 0 bridgehead atoms. The van der Waals surface area contributed by atoms with Gasteiger partial charge in [-0.2, -0.15) is 0 Å². The third-order valence-corrected chi connectivity index (χ3v) is 11.4. The van der Waals surface area contributed by atoms with E-state index in [9.17, 15) is 23.2 Å². The summed E-state index contributed by atoms with van der Waals surface area (Å²) in [4.78, 5) is 0. The topological polar surface area (TPSA) is 107 Å². The summed E-state index contributed by atoms with van der Waals surface area (Å²) in [5.74, 6) is 2.69. The molecule has 0 aromatic heterocycles. The first-order chi connectivity index (χ1) is 14.9. The predicted octanol–water partition coefficient (Wildman–Crippen LogP) is 1.12. The number of hydrogen-bond acceptors (Lipinski definition) is 6. The van der Waals surface area contributed by atoms with E-state index in [1.165, 1.54) is 0 Å². The molecule has 4 unspecified atom stereocenters. The molecule has 4 fully saturated rings. The van der Waals surface area contributed by atoms with Crippen molar-refractivity contribution < 1.29 is 56.9 Å². The monoisotopic (exact) mass is 494 g/mol. The maximum Gasteiger partial charge on any atom is 1.00 e. The van der Waals surface area contributed by atoms with E-state index >= 15 is 0 Å². The number of fused-ring (bicyclic) bond motifs is 5. The molecule has 0 aliphatic heterocycles. The molecule has 2 N–H and O–H groups in total. The van der Waals surface area contributed by atoms with E-state index in [1.807, 2.05) is 0 Å². The Morgan fingerprint density at radius 3 is 2.30 bits per heavy atom. The predicted molar refractivity (Wildman–Crippen MR) is 121 cm³/mol. The SMILES string of the molecule is CC[C@H]1[C@@H](O)C2C3CCC([C@H](C)CCOS(=O)(=O)[O-])[C@@]3(C)CCC2[C@@]2(C)CC[C@@H](O)C[C@@H]12.[Na+]. The molecular weight excluding hydrogens is 451 g/mol. The van der Waals surface area contributed by atoms with Crippen molar-refractivity contribution in [2.24, 2.45) is 52.3 Å². The minimum Gasteiger partial charge on any atom is -0.726 e. The Balaban J connectivity index is 0.00000306. The molecule has 4 saturated carbocycles. The molecule has 4 aliphatic carbocycles. The van der Waals surface area contributed by atoms with Gasteiger partial charge in [0.1, 0.15) is 0 Å². The molecule has 0 heterocycles. The van der Waals surface area contributed by atoms with E-state index in [-0.39, 0.29) is 71.0 Å². The Hall–Kier alpha value is 0.790. The summed E-state index contributed by atoms with van der Waals surface area (Å²) in [5.41, 5.74) is 0.332. The van der Waals surface area contributed by atoms with Crippen LogP contribution in [0.4, 0.5) is 0 Å². The molecule has 4 rings (SSSR count). The molecule has 0 aromatic carbocycles. The van der Waals surface area contributed by atoms with Crippen LogP contribution < -0.4 is 29.6 Å². The molecule has 33 heavy (non-hydrogen) atoms. The van der Waals surface area contributed by atoms with Crippen LogP contribution in [-0.2, 0) is 14.6 Å². The second kappa shape index (κ2) is 10.3. The van der Waals surface area contributed by atoms with E-state index in [4.69, 9.17) is 0 Å². The maximum atomic E-state index is 11.7. The van der Waals surface area contributed by atoms with Gasteiger partial charge in [0.2, 0.25) is 10.4 Å². The molecule has 0 aromatic rings. The smallest absolute Gasteiger partial charge is 0.726 e. The van der Waals surface area contributed by atoms with Crippen LogP contribution in [0.3, 0.4) is 0 Å². The van der Waals surface area contributed by atoms with Gasteiger partial charge in [-0.05, 0) is 104 Å². The van der Waals surface area contributed by atoms with E-state index in [0.29, 0.717) is 36.0 Å². The van der Waals surface area contributed by atoms with Gasteiger partial charge in [0.25, 0.3) is 0 Å². The van der Waals surface area contributed by atoms with Crippen LogP contribution in [0, 0.1) is 52.3 Å². The largest absolute Gasteiger partial charge is 1.00 e. The Morgan fingerprint density at radius 2 is 1.67 bits per heavy atom. The van der Waals surface area contributed by atoms with Crippen molar-refractivity contribution in [1.82, 2.24) is 0 Å². The van der Waals surface area contributed by atoms with Crippen molar-refractivity contribution in [2.45, 2.75) is 97.7 Å². The zero-order valence-electron chi connectivity index (χ0n) is 21.2. The molecular formula is C25H43NaO6S. The zero-order valence-corrected chi connectivity index (χ0v) is 24.0. The Labute approximate surface area is 222 Å². The summed E-state index contributed by atoms with van der Waals surface area (Å²) in [7, 11) is -4.64. The minimum atomic E-state index is -4.64. The molecule has 8 heteroatoms. The molecule has 0 saturated heterocycles. The van der Waals surface area contributed by atoms with Crippen LogP contribution in [0.25, 0.3) is 0 Å². The van der Waals surface area contributed by atoms with Gasteiger partial charge in [0, 0.05) is 0 Å². The van der Waals surface area contributed by atoms with Gasteiger partial charge in [-0.15, -0.1) is 0 Å². The number of rotatable bonds is 6. The maximum absolute atomic E-state index is 11.7. The first-order valence-electron chi connectivity index (χ1n) is 12.9. The van der Waals surface area contributed by atoms with Crippen molar-refractivity contribution >= 4 is 10.4 Å². The average molecular weight is 495 g/mol. The van der Waals surface area contributed by atoms with Crippen LogP contribution in [0.1, 0.15) is 85.5 Å². The summed E-state index contributed by atoms with van der Waals surface area (Å²) in [5, 5.41) is 22.1. The van der Waals surface area contributed by atoms with Crippen LogP contribution in [0.5, 0.6) is 0 Å². The fraction of sp³-hybridized carbons (Fsp3) is 1.00. The fourth-order valence-electron chi connectivity index (χ4n) is 9.47. The Morgan fingerprint density at radius 1 is 1.03 bits per heavy atom. The average Bonchev–Trinajstić information content (AvgIpc) is 3.06. The van der Waals surface area contributed by atoms with Crippen molar-refractivity contribution in [3.8, 4) is 0 Å². The first kappa shape index (κ1) is 28.4. The standard InChI is InChI=1S/C25H44O6S.Na/c1-5-17-21-14-16(26)8-11-25(21,4)20-9-12-24(3)18(6-7-19(24)22(20)23(17)27)15(2)10-13-31-32(28,29)30;/h15-23,26-27H,5-14H2,1-4H3,(H,28,29,30);/q;+1/p-1/t15-,16-,17-,18?,19?,20?,21+,22?,23-,24-,25-;/m1./s1. The second-order valence-corrected chi connectivity index (χ2v) is 13.2. The van der Waals surface area contributed by atoms with E-state index in [0.717, 1.165) is 51.4 Å². The van der Waals surface area contributed by atoms with Gasteiger partial charge in [-0.25, -0.2) is 8.42 Å². The molecule has 6 nitrogen and oxygen atoms in total. The van der Waals surface area contributed by atoms with Crippen LogP contribution in [0.2, 0.25) is 0 Å². The van der Waals surface area contributed by atoms with E-state index in [1.54, 1.807) is 0 Å². The Kier molecular flexibility index (Phi) is 8.83. The van der Waals surface area contributed by atoms with Crippen LogP contribution in [-0.4, -0.2) is 42.0 Å². The Bertz CT molecular complexity index is 792. The van der Waals surface area contributed by atoms with Gasteiger partial charge >= 0.3 is 29.6 Å². The second-order valence-electron chi connectivity index (χ2n) is 12.1. The molecule has 4 aliphatic rings. The summed E-state index contributed by atoms with van der Waals surface area (Å²) in [6.07, 6.45) is 8.26. The molecule has 0 radical (unpaired) electrons. The minimum absolute atomic E-state index is 0. The third kappa shape index (κ3) is 5.01. The van der Waals surface area contributed by atoms with Crippen molar-refractivity contribution in [3.05, 3.63) is 0 Å². The van der Waals surface area contributed by atoms with Gasteiger partial charge in [0.05, 0.1) is 18.8 Å². The third-order valence-electron chi connectivity index (χ3n) is 11.0. The number of aliphatic hydroxyl groups excluding tert-OH is 2. The molecule has 186 valence electrons. The van der Waals surface area contributed by atoms with Gasteiger partial charge < -0.3 is 14.8 Å². The van der Waals surface area contributed by atoms with E-state index < -0.39 is 10.4 Å². The van der Waals surface area contributed by atoms with Crippen molar-refractivity contribution in [1.29, 1.82) is 0 Å². The normalized spacial score (nSPS) is 48.2. The van der Waals surface area contributed by atoms with Gasteiger partial charge in [-0.3, -0.25) is 4.18 Å². The fourth-order valence-corrected chi connectivity index (χ4v) is 9.77. The van der Waals surface area contributed by atoms with E-state index in [2.05, 4.69) is 31.9 Å². The summed E-state index contributed by atoms with van der Waals surface area (Å²) in [6.45, 7) is 9.17. The zero-order chi connectivity index (χ0) is 23.5. The summed E-state index contributed by atoms with van der Waals surface area (Å²) in [6, 6.07) is 0. The molecule has 0 amide bonds. The quantitative estimate of drug-likeness (QED) is 0.326. The van der Waals surface area contributed by atoms with Crippen LogP contribution in [0.15, 0.2) is 0 Å². The molecule has 11 atom stereocenters. The van der Waals surface area contributed by atoms with Gasteiger partial charge in [0.15, 0.2) is 0 Å². The number of aliphatic hydroxyl groups is 2. The van der Waals surface area contributed by atoms with Crippen molar-refractivity contribution in [3.63, 3.8) is 0 Å². The number of hydrogen-bond donors (Lipinski definition) is 2. The first-order valence-corrected chi connectivity index (χ1v) is 14.2. The molecule has 0 spiro atoms. The van der Waals surface area contributed by atoms with Crippen LogP contribution >= 0.6 is 0 Å².